The Kier molecular flexibility index (Phi) is 5.84. The van der Waals surface area contributed by atoms with Crippen LogP contribution in [0.2, 0.25) is 0 Å². The molecule has 4 rings (SSSR count). The number of aryl methyl sites for hydroxylation is 3. The van der Waals surface area contributed by atoms with Crippen molar-refractivity contribution in [1.29, 1.82) is 0 Å². The minimum Gasteiger partial charge on any atom is -0.452 e. The lowest BCUT2D eigenvalue weighted by atomic mass is 10.1. The van der Waals surface area contributed by atoms with Crippen molar-refractivity contribution in [3.8, 4) is 0 Å². The molecule has 2 aromatic carbocycles. The van der Waals surface area contributed by atoms with Gasteiger partial charge < -0.3 is 10.1 Å². The molecule has 1 aromatic heterocycles. The summed E-state index contributed by atoms with van der Waals surface area (Å²) in [5, 5.41) is 3.20. The number of nitrogens with zero attached hydrogens (tertiary/aromatic N) is 2. The van der Waals surface area contributed by atoms with E-state index in [4.69, 9.17) is 4.74 Å². The van der Waals surface area contributed by atoms with E-state index < -0.39 is 18.5 Å². The number of nitrogens with one attached hydrogen (secondary N) is 1. The summed E-state index contributed by atoms with van der Waals surface area (Å²) in [6, 6.07) is 10.3. The number of hydrogen-bond donors (Lipinski definition) is 1. The molecule has 7 heteroatoms. The number of aromatic nitrogens is 2. The summed E-state index contributed by atoms with van der Waals surface area (Å²) >= 11 is 0. The highest BCUT2D eigenvalue weighted by molar-refractivity contribution is 5.97. The molecular formula is C24H25N3O4. The Morgan fingerprint density at radius 3 is 2.71 bits per heavy atom. The number of carbonyl (C=O) groups excluding carboxylic acids is 2. The zero-order valence-electron chi connectivity index (χ0n) is 17.7. The van der Waals surface area contributed by atoms with Gasteiger partial charge in [0.15, 0.2) is 6.61 Å². The van der Waals surface area contributed by atoms with Gasteiger partial charge in [-0.05, 0) is 68.1 Å². The zero-order valence-corrected chi connectivity index (χ0v) is 17.7. The lowest BCUT2D eigenvalue weighted by Crippen LogP contribution is -2.25. The van der Waals surface area contributed by atoms with Gasteiger partial charge in [0.1, 0.15) is 5.82 Å². The topological polar surface area (TPSA) is 90.3 Å². The van der Waals surface area contributed by atoms with E-state index in [1.807, 2.05) is 26.0 Å². The van der Waals surface area contributed by atoms with E-state index >= 15 is 0 Å². The van der Waals surface area contributed by atoms with Gasteiger partial charge in [0.2, 0.25) is 0 Å². The number of esters is 1. The summed E-state index contributed by atoms with van der Waals surface area (Å²) in [5.41, 5.74) is 3.51. The van der Waals surface area contributed by atoms with E-state index in [2.05, 4.69) is 10.3 Å². The van der Waals surface area contributed by atoms with Crippen LogP contribution >= 0.6 is 0 Å². The maximum absolute atomic E-state index is 12.8. The van der Waals surface area contributed by atoms with Crippen LogP contribution in [-0.2, 0) is 22.5 Å². The van der Waals surface area contributed by atoms with Gasteiger partial charge in [-0.3, -0.25) is 14.2 Å². The number of hydrogen-bond acceptors (Lipinski definition) is 5. The van der Waals surface area contributed by atoms with Crippen LogP contribution in [0.25, 0.3) is 10.9 Å². The fourth-order valence-corrected chi connectivity index (χ4v) is 3.78. The van der Waals surface area contributed by atoms with Crippen LogP contribution in [-0.4, -0.2) is 28.0 Å². The first-order chi connectivity index (χ1) is 14.9. The zero-order chi connectivity index (χ0) is 22.0. The Balaban J connectivity index is 1.46. The van der Waals surface area contributed by atoms with E-state index in [1.165, 1.54) is 0 Å². The SMILES string of the molecule is Cc1ccc(NC(=O)COC(=O)c2ccc3c(=O)n4c(nc3c2)CCCCC4)cc1C. The predicted octanol–water partition coefficient (Wildman–Crippen LogP) is 3.54. The number of ether oxygens (including phenoxy) is 1. The van der Waals surface area contributed by atoms with Gasteiger partial charge >= 0.3 is 5.97 Å². The predicted molar refractivity (Wildman–Crippen MR) is 118 cm³/mol. The van der Waals surface area contributed by atoms with E-state index in [-0.39, 0.29) is 11.1 Å². The lowest BCUT2D eigenvalue weighted by molar-refractivity contribution is -0.119. The van der Waals surface area contributed by atoms with Gasteiger partial charge in [-0.1, -0.05) is 12.5 Å². The summed E-state index contributed by atoms with van der Waals surface area (Å²) in [6.07, 6.45) is 3.78. The van der Waals surface area contributed by atoms with E-state index in [0.29, 0.717) is 23.1 Å². The van der Waals surface area contributed by atoms with Crippen molar-refractivity contribution in [1.82, 2.24) is 9.55 Å². The van der Waals surface area contributed by atoms with Gasteiger partial charge in [-0.2, -0.15) is 0 Å². The molecule has 0 bridgehead atoms. The lowest BCUT2D eigenvalue weighted by Gasteiger charge is -2.11. The molecule has 1 aliphatic rings. The van der Waals surface area contributed by atoms with E-state index in [0.717, 1.165) is 42.6 Å². The number of carbonyl (C=O) groups is 2. The number of amides is 1. The number of anilines is 1. The molecule has 0 fully saturated rings. The van der Waals surface area contributed by atoms with Crippen molar-refractivity contribution in [2.24, 2.45) is 0 Å². The standard InChI is InChI=1S/C24H25N3O4/c1-15-7-9-18(12-16(15)2)25-22(28)14-31-24(30)17-8-10-19-20(13-17)26-21-6-4-3-5-11-27(21)23(19)29/h7-10,12-13H,3-6,11,14H2,1-2H3,(H,25,28). The largest absolute Gasteiger partial charge is 0.452 e. The molecule has 31 heavy (non-hydrogen) atoms. The second kappa shape index (κ2) is 8.71. The molecule has 0 unspecified atom stereocenters. The van der Waals surface area contributed by atoms with Crippen LogP contribution in [0.4, 0.5) is 5.69 Å². The minimum absolute atomic E-state index is 0.0745. The Labute approximate surface area is 180 Å². The fourth-order valence-electron chi connectivity index (χ4n) is 3.78. The first-order valence-electron chi connectivity index (χ1n) is 10.5. The summed E-state index contributed by atoms with van der Waals surface area (Å²) in [6.45, 7) is 4.23. The Bertz CT molecular complexity index is 1230. The van der Waals surface area contributed by atoms with Gasteiger partial charge in [0.25, 0.3) is 11.5 Å². The molecule has 0 aliphatic carbocycles. The number of fused-ring (bicyclic) bond motifs is 2. The molecule has 1 amide bonds. The molecular weight excluding hydrogens is 394 g/mol. The minimum atomic E-state index is -0.631. The molecule has 0 spiro atoms. The molecule has 0 saturated heterocycles. The van der Waals surface area contributed by atoms with Crippen LogP contribution < -0.4 is 10.9 Å². The third kappa shape index (κ3) is 4.50. The summed E-state index contributed by atoms with van der Waals surface area (Å²) < 4.78 is 6.91. The van der Waals surface area contributed by atoms with Crippen molar-refractivity contribution in [3.63, 3.8) is 0 Å². The van der Waals surface area contributed by atoms with Gasteiger partial charge in [0, 0.05) is 18.7 Å². The quantitative estimate of drug-likeness (QED) is 0.654. The Hall–Kier alpha value is -3.48. The molecule has 160 valence electrons. The molecule has 0 radical (unpaired) electrons. The van der Waals surface area contributed by atoms with Crippen molar-refractivity contribution in [2.75, 3.05) is 11.9 Å². The summed E-state index contributed by atoms with van der Waals surface area (Å²) in [4.78, 5) is 42.0. The van der Waals surface area contributed by atoms with Crippen LogP contribution in [0, 0.1) is 13.8 Å². The number of rotatable bonds is 4. The van der Waals surface area contributed by atoms with Gasteiger partial charge in [0.05, 0.1) is 16.5 Å². The molecule has 3 aromatic rings. The smallest absolute Gasteiger partial charge is 0.338 e. The van der Waals surface area contributed by atoms with Crippen LogP contribution in [0.3, 0.4) is 0 Å². The van der Waals surface area contributed by atoms with Crippen LogP contribution in [0.5, 0.6) is 0 Å². The van der Waals surface area contributed by atoms with Crippen molar-refractivity contribution in [2.45, 2.75) is 46.1 Å². The highest BCUT2D eigenvalue weighted by atomic mass is 16.5. The van der Waals surface area contributed by atoms with E-state index in [1.54, 1.807) is 28.8 Å². The summed E-state index contributed by atoms with van der Waals surface area (Å²) in [5.74, 6) is -0.290. The number of benzene rings is 2. The van der Waals surface area contributed by atoms with Gasteiger partial charge in [-0.15, -0.1) is 0 Å². The second-order valence-corrected chi connectivity index (χ2v) is 7.95. The molecule has 1 N–H and O–H groups in total. The normalized spacial score (nSPS) is 13.4. The molecule has 1 aliphatic heterocycles. The monoisotopic (exact) mass is 419 g/mol. The Morgan fingerprint density at radius 2 is 1.90 bits per heavy atom. The first-order valence-corrected chi connectivity index (χ1v) is 10.5. The van der Waals surface area contributed by atoms with Crippen LogP contribution in [0.15, 0.2) is 41.2 Å². The van der Waals surface area contributed by atoms with Gasteiger partial charge in [-0.25, -0.2) is 9.78 Å². The molecule has 0 saturated carbocycles. The Morgan fingerprint density at radius 1 is 1.06 bits per heavy atom. The van der Waals surface area contributed by atoms with Crippen LogP contribution in [0.1, 0.15) is 46.6 Å². The fraction of sp³-hybridized carbons (Fsp3) is 0.333. The highest BCUT2D eigenvalue weighted by Crippen LogP contribution is 2.17. The highest BCUT2D eigenvalue weighted by Gasteiger charge is 2.16. The van der Waals surface area contributed by atoms with Crippen molar-refractivity contribution in [3.05, 3.63) is 69.3 Å². The molecule has 2 heterocycles. The average Bonchev–Trinajstić information content (AvgIpc) is 3.00. The third-order valence-electron chi connectivity index (χ3n) is 5.68. The third-order valence-corrected chi connectivity index (χ3v) is 5.68. The maximum atomic E-state index is 12.8. The molecule has 7 nitrogen and oxygen atoms in total. The summed E-state index contributed by atoms with van der Waals surface area (Å²) in [7, 11) is 0. The maximum Gasteiger partial charge on any atom is 0.338 e. The average molecular weight is 419 g/mol. The van der Waals surface area contributed by atoms with Crippen molar-refractivity contribution < 1.29 is 14.3 Å². The first kappa shape index (κ1) is 20.8. The second-order valence-electron chi connectivity index (χ2n) is 7.95. The van der Waals surface area contributed by atoms with Crippen molar-refractivity contribution >= 4 is 28.5 Å². The molecule has 0 atom stereocenters. The van der Waals surface area contributed by atoms with E-state index in [9.17, 15) is 14.4 Å².